The fourth-order valence-electron chi connectivity index (χ4n) is 2.60. The quantitative estimate of drug-likeness (QED) is 0.773. The highest BCUT2D eigenvalue weighted by Gasteiger charge is 2.13. The van der Waals surface area contributed by atoms with Gasteiger partial charge in [-0.2, -0.15) is 0 Å². The van der Waals surface area contributed by atoms with E-state index in [1.54, 1.807) is 7.11 Å². The van der Waals surface area contributed by atoms with Crippen LogP contribution in [0.5, 0.6) is 0 Å². The molecule has 0 saturated heterocycles. The van der Waals surface area contributed by atoms with Crippen LogP contribution >= 0.6 is 0 Å². The van der Waals surface area contributed by atoms with Crippen molar-refractivity contribution in [3.8, 4) is 0 Å². The first kappa shape index (κ1) is 15.2. The van der Waals surface area contributed by atoms with Crippen LogP contribution in [0.1, 0.15) is 24.5 Å². The Kier molecular flexibility index (Phi) is 6.25. The van der Waals surface area contributed by atoms with Gasteiger partial charge in [-0.15, -0.1) is 0 Å². The summed E-state index contributed by atoms with van der Waals surface area (Å²) in [5, 5.41) is 3.42. The lowest BCUT2D eigenvalue weighted by Gasteiger charge is -2.27. The van der Waals surface area contributed by atoms with Crippen molar-refractivity contribution in [2.75, 3.05) is 33.4 Å². The average molecular weight is 274 g/mol. The zero-order valence-corrected chi connectivity index (χ0v) is 12.7. The van der Waals surface area contributed by atoms with E-state index in [0.29, 0.717) is 0 Å². The van der Waals surface area contributed by atoms with Crippen molar-refractivity contribution in [2.45, 2.75) is 26.4 Å². The van der Waals surface area contributed by atoms with Gasteiger partial charge in [-0.1, -0.05) is 37.3 Å². The predicted molar refractivity (Wildman–Crippen MR) is 83.7 cm³/mol. The Labute approximate surface area is 122 Å². The highest BCUT2D eigenvalue weighted by atomic mass is 16.5. The van der Waals surface area contributed by atoms with Gasteiger partial charge in [0, 0.05) is 33.3 Å². The monoisotopic (exact) mass is 274 g/mol. The Bertz CT molecular complexity index is 442. The molecule has 0 unspecified atom stereocenters. The summed E-state index contributed by atoms with van der Waals surface area (Å²) in [6, 6.07) is 8.75. The van der Waals surface area contributed by atoms with Gasteiger partial charge in [-0.3, -0.25) is 4.90 Å². The van der Waals surface area contributed by atoms with Crippen LogP contribution in [0.4, 0.5) is 0 Å². The van der Waals surface area contributed by atoms with Crippen molar-refractivity contribution in [3.63, 3.8) is 0 Å². The van der Waals surface area contributed by atoms with Crippen LogP contribution in [-0.4, -0.2) is 38.3 Å². The van der Waals surface area contributed by atoms with Crippen molar-refractivity contribution in [3.05, 3.63) is 47.0 Å². The molecule has 3 heteroatoms. The molecule has 0 radical (unpaired) electrons. The molecule has 1 aliphatic rings. The summed E-state index contributed by atoms with van der Waals surface area (Å²) in [5.74, 6) is 0. The van der Waals surface area contributed by atoms with Crippen LogP contribution in [0, 0.1) is 0 Å². The molecule has 2 rings (SSSR count). The van der Waals surface area contributed by atoms with Gasteiger partial charge < -0.3 is 10.1 Å². The van der Waals surface area contributed by atoms with Gasteiger partial charge in [0.05, 0.1) is 6.61 Å². The molecule has 1 aromatic rings. The van der Waals surface area contributed by atoms with Crippen LogP contribution in [-0.2, 0) is 17.8 Å². The van der Waals surface area contributed by atoms with Crippen LogP contribution in [0.25, 0.3) is 0 Å². The van der Waals surface area contributed by atoms with Gasteiger partial charge in [-0.25, -0.2) is 0 Å². The molecule has 0 saturated carbocycles. The third-order valence-corrected chi connectivity index (χ3v) is 3.79. The molecule has 0 aliphatic carbocycles. The number of hydrogen-bond acceptors (Lipinski definition) is 3. The Morgan fingerprint density at radius 3 is 2.70 bits per heavy atom. The highest BCUT2D eigenvalue weighted by Crippen LogP contribution is 2.16. The average Bonchev–Trinajstić information content (AvgIpc) is 2.49. The van der Waals surface area contributed by atoms with E-state index < -0.39 is 0 Å². The first-order chi connectivity index (χ1) is 9.83. The van der Waals surface area contributed by atoms with Crippen molar-refractivity contribution < 1.29 is 4.74 Å². The molecule has 0 aromatic heterocycles. The van der Waals surface area contributed by atoms with Crippen molar-refractivity contribution in [1.82, 2.24) is 10.2 Å². The van der Waals surface area contributed by atoms with E-state index in [-0.39, 0.29) is 0 Å². The Balaban J connectivity index is 1.94. The molecule has 1 N–H and O–H groups in total. The van der Waals surface area contributed by atoms with Crippen LogP contribution in [0.15, 0.2) is 35.9 Å². The minimum Gasteiger partial charge on any atom is -0.380 e. The summed E-state index contributed by atoms with van der Waals surface area (Å²) in [6.07, 6.45) is 3.45. The highest BCUT2D eigenvalue weighted by molar-refractivity contribution is 5.27. The van der Waals surface area contributed by atoms with Gasteiger partial charge in [0.15, 0.2) is 0 Å². The van der Waals surface area contributed by atoms with E-state index in [1.807, 2.05) is 0 Å². The molecular formula is C17H26N2O. The molecule has 1 aliphatic heterocycles. The first-order valence-electron chi connectivity index (χ1n) is 7.50. The van der Waals surface area contributed by atoms with Gasteiger partial charge in [-0.05, 0) is 29.7 Å². The van der Waals surface area contributed by atoms with E-state index in [9.17, 15) is 0 Å². The van der Waals surface area contributed by atoms with Crippen LogP contribution < -0.4 is 5.32 Å². The van der Waals surface area contributed by atoms with E-state index in [0.717, 1.165) is 45.8 Å². The van der Waals surface area contributed by atoms with Crippen molar-refractivity contribution >= 4 is 0 Å². The molecule has 0 spiro atoms. The van der Waals surface area contributed by atoms with Crippen molar-refractivity contribution in [1.29, 1.82) is 0 Å². The number of methoxy groups -OCH3 is 1. The van der Waals surface area contributed by atoms with Gasteiger partial charge >= 0.3 is 0 Å². The summed E-state index contributed by atoms with van der Waals surface area (Å²) >= 11 is 0. The lowest BCUT2D eigenvalue weighted by Crippen LogP contribution is -2.29. The van der Waals surface area contributed by atoms with E-state index in [2.05, 4.69) is 47.5 Å². The Morgan fingerprint density at radius 2 is 2.05 bits per heavy atom. The number of rotatable bonds is 7. The van der Waals surface area contributed by atoms with Gasteiger partial charge in [0.1, 0.15) is 0 Å². The maximum Gasteiger partial charge on any atom is 0.0673 e. The number of nitrogens with zero attached hydrogens (tertiary/aromatic N) is 1. The number of hydrogen-bond donors (Lipinski definition) is 1. The summed E-state index contributed by atoms with van der Waals surface area (Å²) in [5.41, 5.74) is 4.29. The molecule has 0 fully saturated rings. The second kappa shape index (κ2) is 8.20. The lowest BCUT2D eigenvalue weighted by molar-refractivity contribution is 0.210. The summed E-state index contributed by atoms with van der Waals surface area (Å²) in [4.78, 5) is 2.50. The summed E-state index contributed by atoms with van der Waals surface area (Å²) in [6.45, 7) is 8.12. The molecule has 1 aromatic carbocycles. The predicted octanol–water partition coefficient (Wildman–Crippen LogP) is 2.57. The number of benzene rings is 1. The summed E-state index contributed by atoms with van der Waals surface area (Å²) < 4.78 is 5.20. The first-order valence-corrected chi connectivity index (χ1v) is 7.50. The molecule has 0 amide bonds. The number of ether oxygens (including phenoxy) is 1. The molecule has 0 bridgehead atoms. The second-order valence-corrected chi connectivity index (χ2v) is 5.33. The standard InChI is InChI=1S/C17H26N2O/c1-3-18-12-16-6-4-5-7-17(16)13-19-10-8-15(9-11-19)14-20-2/h4-8,18H,3,9-14H2,1-2H3. The molecule has 0 atom stereocenters. The fraction of sp³-hybridized carbons (Fsp3) is 0.529. The molecule has 3 nitrogen and oxygen atoms in total. The smallest absolute Gasteiger partial charge is 0.0673 e. The minimum absolute atomic E-state index is 0.783. The molecule has 20 heavy (non-hydrogen) atoms. The summed E-state index contributed by atoms with van der Waals surface area (Å²) in [7, 11) is 1.77. The van der Waals surface area contributed by atoms with Gasteiger partial charge in [0.25, 0.3) is 0 Å². The maximum absolute atomic E-state index is 5.20. The van der Waals surface area contributed by atoms with Crippen molar-refractivity contribution in [2.24, 2.45) is 0 Å². The van der Waals surface area contributed by atoms with Crippen LogP contribution in [0.3, 0.4) is 0 Å². The Morgan fingerprint density at radius 1 is 1.25 bits per heavy atom. The third kappa shape index (κ3) is 4.44. The normalized spacial score (nSPS) is 16.2. The SMILES string of the molecule is CCNCc1ccccc1CN1CC=C(COC)CC1. The van der Waals surface area contributed by atoms with Gasteiger partial charge in [0.2, 0.25) is 0 Å². The van der Waals surface area contributed by atoms with E-state index in [1.165, 1.54) is 16.7 Å². The lowest BCUT2D eigenvalue weighted by atomic mass is 10.0. The van der Waals surface area contributed by atoms with E-state index in [4.69, 9.17) is 4.74 Å². The molecule has 1 heterocycles. The minimum atomic E-state index is 0.783. The third-order valence-electron chi connectivity index (χ3n) is 3.79. The molecule has 110 valence electrons. The van der Waals surface area contributed by atoms with E-state index >= 15 is 0 Å². The zero-order chi connectivity index (χ0) is 14.2. The zero-order valence-electron chi connectivity index (χ0n) is 12.7. The largest absolute Gasteiger partial charge is 0.380 e. The topological polar surface area (TPSA) is 24.5 Å². The number of nitrogens with one attached hydrogen (secondary N) is 1. The molecular weight excluding hydrogens is 248 g/mol. The second-order valence-electron chi connectivity index (χ2n) is 5.33. The van der Waals surface area contributed by atoms with Crippen LogP contribution in [0.2, 0.25) is 0 Å². The fourth-order valence-corrected chi connectivity index (χ4v) is 2.60. The maximum atomic E-state index is 5.20. The Hall–Kier alpha value is -1.16.